The van der Waals surface area contributed by atoms with E-state index in [0.717, 1.165) is 10.6 Å². The highest BCUT2D eigenvalue weighted by Gasteiger charge is 2.15. The maximum atomic E-state index is 12.0. The van der Waals surface area contributed by atoms with Gasteiger partial charge < -0.3 is 0 Å². The van der Waals surface area contributed by atoms with Crippen molar-refractivity contribution in [2.75, 3.05) is 0 Å². The molecule has 2 aromatic rings. The van der Waals surface area contributed by atoms with E-state index in [4.69, 9.17) is 11.6 Å². The molecule has 0 aliphatic rings. The summed E-state index contributed by atoms with van der Waals surface area (Å²) >= 11 is 7.08. The molecule has 2 aromatic heterocycles. The predicted molar refractivity (Wildman–Crippen MR) is 70.1 cm³/mol. The lowest BCUT2D eigenvalue weighted by atomic mass is 10.4. The first kappa shape index (κ1) is 13.4. The maximum Gasteiger partial charge on any atom is 0.241 e. The summed E-state index contributed by atoms with van der Waals surface area (Å²) in [5, 5.41) is 0.145. The molecule has 0 unspecified atom stereocenters. The Bertz CT molecular complexity index is 655. The Morgan fingerprint density at radius 3 is 2.83 bits per heavy atom. The third-order valence-corrected chi connectivity index (χ3v) is 4.82. The van der Waals surface area contributed by atoms with Crippen LogP contribution < -0.4 is 4.72 Å². The topological polar surface area (TPSA) is 72.0 Å². The SMILES string of the molecule is Cc1ncsc1CNS(=O)(=O)c1ccnc(Cl)c1. The Labute approximate surface area is 114 Å². The third kappa shape index (κ3) is 3.05. The summed E-state index contributed by atoms with van der Waals surface area (Å²) in [4.78, 5) is 8.79. The first-order valence-corrected chi connectivity index (χ1v) is 7.73. The predicted octanol–water partition coefficient (Wildman–Crippen LogP) is 1.98. The van der Waals surface area contributed by atoms with E-state index in [1.165, 1.54) is 29.7 Å². The van der Waals surface area contributed by atoms with Crippen molar-refractivity contribution in [2.45, 2.75) is 18.4 Å². The van der Waals surface area contributed by atoms with Gasteiger partial charge in [0.1, 0.15) is 5.15 Å². The number of hydrogen-bond acceptors (Lipinski definition) is 5. The molecule has 2 rings (SSSR count). The molecule has 0 saturated carbocycles. The first-order chi connectivity index (χ1) is 8.49. The second-order valence-electron chi connectivity index (χ2n) is 3.50. The summed E-state index contributed by atoms with van der Waals surface area (Å²) in [6.07, 6.45) is 1.36. The van der Waals surface area contributed by atoms with E-state index in [-0.39, 0.29) is 16.6 Å². The van der Waals surface area contributed by atoms with Crippen molar-refractivity contribution < 1.29 is 8.42 Å². The summed E-state index contributed by atoms with van der Waals surface area (Å²) in [5.41, 5.74) is 2.51. The Morgan fingerprint density at radius 2 is 2.22 bits per heavy atom. The van der Waals surface area contributed by atoms with Gasteiger partial charge in [-0.3, -0.25) is 0 Å². The normalized spacial score (nSPS) is 11.7. The molecule has 0 radical (unpaired) electrons. The van der Waals surface area contributed by atoms with Gasteiger partial charge in [-0.15, -0.1) is 11.3 Å². The smallest absolute Gasteiger partial charge is 0.241 e. The fourth-order valence-corrected chi connectivity index (χ4v) is 3.35. The van der Waals surface area contributed by atoms with E-state index in [9.17, 15) is 8.42 Å². The van der Waals surface area contributed by atoms with Gasteiger partial charge >= 0.3 is 0 Å². The van der Waals surface area contributed by atoms with Gasteiger partial charge in [-0.2, -0.15) is 0 Å². The third-order valence-electron chi connectivity index (χ3n) is 2.28. The number of nitrogens with zero attached hydrogens (tertiary/aromatic N) is 2. The van der Waals surface area contributed by atoms with E-state index < -0.39 is 10.0 Å². The van der Waals surface area contributed by atoms with Crippen LogP contribution in [0.3, 0.4) is 0 Å². The van der Waals surface area contributed by atoms with E-state index >= 15 is 0 Å². The highest BCUT2D eigenvalue weighted by Crippen LogP contribution is 2.15. The monoisotopic (exact) mass is 303 g/mol. The molecular weight excluding hydrogens is 294 g/mol. The molecule has 8 heteroatoms. The van der Waals surface area contributed by atoms with Crippen LogP contribution in [0.5, 0.6) is 0 Å². The molecule has 0 fully saturated rings. The first-order valence-electron chi connectivity index (χ1n) is 4.99. The van der Waals surface area contributed by atoms with E-state index in [1.807, 2.05) is 6.92 Å². The lowest BCUT2D eigenvalue weighted by Gasteiger charge is -2.05. The Balaban J connectivity index is 2.16. The van der Waals surface area contributed by atoms with Gasteiger partial charge in [-0.05, 0) is 19.1 Å². The molecule has 96 valence electrons. The van der Waals surface area contributed by atoms with Crippen LogP contribution in [-0.4, -0.2) is 18.4 Å². The number of hydrogen-bond donors (Lipinski definition) is 1. The van der Waals surface area contributed by atoms with Crippen LogP contribution in [0.4, 0.5) is 0 Å². The number of rotatable bonds is 4. The van der Waals surface area contributed by atoms with E-state index in [0.29, 0.717) is 0 Å². The average Bonchev–Trinajstić information content (AvgIpc) is 2.72. The highest BCUT2D eigenvalue weighted by molar-refractivity contribution is 7.89. The minimum Gasteiger partial charge on any atom is -0.250 e. The van der Waals surface area contributed by atoms with Crippen molar-refractivity contribution >= 4 is 33.0 Å². The van der Waals surface area contributed by atoms with Crippen LogP contribution in [0.2, 0.25) is 5.15 Å². The number of aromatic nitrogens is 2. The van der Waals surface area contributed by atoms with Crippen molar-refractivity contribution in [2.24, 2.45) is 0 Å². The van der Waals surface area contributed by atoms with Gasteiger partial charge in [-0.1, -0.05) is 11.6 Å². The molecule has 1 N–H and O–H groups in total. The van der Waals surface area contributed by atoms with Gasteiger partial charge in [0, 0.05) is 17.6 Å². The van der Waals surface area contributed by atoms with Crippen LogP contribution in [0.25, 0.3) is 0 Å². The van der Waals surface area contributed by atoms with Crippen molar-refractivity contribution in [1.29, 1.82) is 0 Å². The van der Waals surface area contributed by atoms with Crippen LogP contribution in [0.15, 0.2) is 28.7 Å². The molecule has 2 heterocycles. The van der Waals surface area contributed by atoms with Crippen molar-refractivity contribution in [3.63, 3.8) is 0 Å². The van der Waals surface area contributed by atoms with Gasteiger partial charge in [0.05, 0.1) is 16.1 Å². The van der Waals surface area contributed by atoms with Gasteiger partial charge in [0.25, 0.3) is 0 Å². The summed E-state index contributed by atoms with van der Waals surface area (Å²) < 4.78 is 26.5. The zero-order chi connectivity index (χ0) is 13.2. The van der Waals surface area contributed by atoms with Gasteiger partial charge in [0.2, 0.25) is 10.0 Å². The standard InChI is InChI=1S/C10H10ClN3O2S2/c1-7-9(17-6-13-7)5-14-18(15,16)8-2-3-12-10(11)4-8/h2-4,6,14H,5H2,1H3. The fraction of sp³-hybridized carbons (Fsp3) is 0.200. The highest BCUT2D eigenvalue weighted by atomic mass is 35.5. The lowest BCUT2D eigenvalue weighted by molar-refractivity contribution is 0.581. The Morgan fingerprint density at radius 1 is 1.44 bits per heavy atom. The molecular formula is C10H10ClN3O2S2. The second kappa shape index (κ2) is 5.31. The maximum absolute atomic E-state index is 12.0. The molecule has 5 nitrogen and oxygen atoms in total. The largest absolute Gasteiger partial charge is 0.250 e. The Hall–Kier alpha value is -1.02. The summed E-state index contributed by atoms with van der Waals surface area (Å²) in [6, 6.07) is 2.71. The summed E-state index contributed by atoms with van der Waals surface area (Å²) in [6.45, 7) is 2.06. The number of halogens is 1. The molecule has 0 aromatic carbocycles. The molecule has 0 saturated heterocycles. The Kier molecular flexibility index (Phi) is 3.96. The molecule has 0 atom stereocenters. The van der Waals surface area contributed by atoms with Crippen LogP contribution in [0, 0.1) is 6.92 Å². The fourth-order valence-electron chi connectivity index (χ4n) is 1.29. The summed E-state index contributed by atoms with van der Waals surface area (Å²) in [5.74, 6) is 0. The number of aryl methyl sites for hydroxylation is 1. The lowest BCUT2D eigenvalue weighted by Crippen LogP contribution is -2.23. The van der Waals surface area contributed by atoms with Crippen LogP contribution in [0.1, 0.15) is 10.6 Å². The molecule has 0 spiro atoms. The van der Waals surface area contributed by atoms with Crippen molar-refractivity contribution in [3.8, 4) is 0 Å². The van der Waals surface area contributed by atoms with Gasteiger partial charge in [-0.25, -0.2) is 23.1 Å². The second-order valence-corrected chi connectivity index (χ2v) is 6.59. The zero-order valence-corrected chi connectivity index (χ0v) is 11.8. The molecule has 0 amide bonds. The molecule has 0 aliphatic carbocycles. The van der Waals surface area contributed by atoms with Crippen molar-refractivity contribution in [3.05, 3.63) is 39.6 Å². The van der Waals surface area contributed by atoms with E-state index in [1.54, 1.807) is 5.51 Å². The number of sulfonamides is 1. The van der Waals surface area contributed by atoms with Crippen molar-refractivity contribution in [1.82, 2.24) is 14.7 Å². The summed E-state index contributed by atoms with van der Waals surface area (Å²) in [7, 11) is -3.57. The molecule has 0 bridgehead atoms. The quantitative estimate of drug-likeness (QED) is 0.877. The minimum atomic E-state index is -3.57. The molecule has 0 aliphatic heterocycles. The minimum absolute atomic E-state index is 0.102. The zero-order valence-electron chi connectivity index (χ0n) is 9.42. The van der Waals surface area contributed by atoms with Crippen LogP contribution in [-0.2, 0) is 16.6 Å². The number of thiazole rings is 1. The number of nitrogens with one attached hydrogen (secondary N) is 1. The van der Waals surface area contributed by atoms with Crippen LogP contribution >= 0.6 is 22.9 Å². The van der Waals surface area contributed by atoms with Gasteiger partial charge in [0.15, 0.2) is 0 Å². The van der Waals surface area contributed by atoms with E-state index in [2.05, 4.69) is 14.7 Å². The molecule has 18 heavy (non-hydrogen) atoms. The number of pyridine rings is 1. The average molecular weight is 304 g/mol.